The highest BCUT2D eigenvalue weighted by atomic mass is 19.1. The molecule has 1 saturated heterocycles. The zero-order valence-electron chi connectivity index (χ0n) is 17.0. The van der Waals surface area contributed by atoms with Crippen LogP contribution < -0.4 is 4.90 Å². The minimum absolute atomic E-state index is 0.178. The molecule has 2 heterocycles. The number of fused-ring (bicyclic) bond motifs is 3. The molecule has 0 saturated carbocycles. The van der Waals surface area contributed by atoms with E-state index in [0.717, 1.165) is 11.3 Å². The van der Waals surface area contributed by atoms with E-state index < -0.39 is 29.2 Å². The topological polar surface area (TPSA) is 67.9 Å². The first kappa shape index (κ1) is 19.7. The molecule has 0 unspecified atom stereocenters. The van der Waals surface area contributed by atoms with Crippen LogP contribution in [0.5, 0.6) is 0 Å². The molecule has 3 aromatic carbocycles. The molecule has 0 bridgehead atoms. The number of benzene rings is 3. The molecule has 0 aliphatic carbocycles. The summed E-state index contributed by atoms with van der Waals surface area (Å²) in [5.41, 5.74) is 1.27. The summed E-state index contributed by atoms with van der Waals surface area (Å²) in [5, 5.41) is 20.7. The quantitative estimate of drug-likeness (QED) is 0.553. The molecular formula is C27H18FN3O. The minimum Gasteiger partial charge on any atom is -0.351 e. The Labute approximate surface area is 185 Å². The van der Waals surface area contributed by atoms with Gasteiger partial charge in [0.2, 0.25) is 0 Å². The van der Waals surface area contributed by atoms with Gasteiger partial charge in [-0.3, -0.25) is 4.79 Å². The van der Waals surface area contributed by atoms with Crippen molar-refractivity contribution >= 4 is 17.5 Å². The van der Waals surface area contributed by atoms with Crippen LogP contribution in [-0.2, 0) is 0 Å². The Hall–Kier alpha value is -4.22. The van der Waals surface area contributed by atoms with Crippen molar-refractivity contribution in [3.63, 3.8) is 0 Å². The number of halogens is 1. The zero-order valence-corrected chi connectivity index (χ0v) is 17.0. The van der Waals surface area contributed by atoms with E-state index in [1.54, 1.807) is 36.4 Å². The Kier molecular flexibility index (Phi) is 4.61. The number of para-hydroxylation sites is 1. The number of rotatable bonds is 3. The minimum atomic E-state index is -1.53. The summed E-state index contributed by atoms with van der Waals surface area (Å²) in [6.45, 7) is 0. The molecular weight excluding hydrogens is 401 g/mol. The fraction of sp³-hybridized carbons (Fsp3) is 0.148. The maximum atomic E-state index is 13.9. The fourth-order valence-electron chi connectivity index (χ4n) is 5.05. The van der Waals surface area contributed by atoms with E-state index in [0.29, 0.717) is 11.1 Å². The number of carbonyl (C=O) groups is 1. The van der Waals surface area contributed by atoms with Gasteiger partial charge in [0, 0.05) is 17.2 Å². The van der Waals surface area contributed by atoms with E-state index in [4.69, 9.17) is 0 Å². The second kappa shape index (κ2) is 7.48. The third-order valence-electron chi connectivity index (χ3n) is 6.47. The van der Waals surface area contributed by atoms with E-state index in [-0.39, 0.29) is 5.78 Å². The highest BCUT2D eigenvalue weighted by Crippen LogP contribution is 2.55. The van der Waals surface area contributed by atoms with Gasteiger partial charge in [0.15, 0.2) is 11.2 Å². The number of nitriles is 2. The van der Waals surface area contributed by atoms with Crippen LogP contribution in [0.15, 0.2) is 84.9 Å². The fourth-order valence-corrected chi connectivity index (χ4v) is 5.05. The average molecular weight is 419 g/mol. The van der Waals surface area contributed by atoms with Crippen molar-refractivity contribution in [3.05, 3.63) is 107 Å². The number of carbonyl (C=O) groups excluding carboxylic acids is 1. The Bertz CT molecular complexity index is 1290. The molecule has 32 heavy (non-hydrogen) atoms. The first-order chi connectivity index (χ1) is 15.6. The largest absolute Gasteiger partial charge is 0.351 e. The number of ketones is 1. The Morgan fingerprint density at radius 2 is 1.56 bits per heavy atom. The smallest absolute Gasteiger partial charge is 0.185 e. The van der Waals surface area contributed by atoms with Gasteiger partial charge in [-0.25, -0.2) is 4.39 Å². The van der Waals surface area contributed by atoms with E-state index in [2.05, 4.69) is 12.1 Å². The SMILES string of the molecule is N#CC1(C#N)[C@@H]2C=Cc3ccccc3N2[C@@H](C(=O)c2ccccc2)[C@@H]1c1ccc(F)cc1. The summed E-state index contributed by atoms with van der Waals surface area (Å²) in [5.74, 6) is -1.37. The second-order valence-electron chi connectivity index (χ2n) is 8.07. The predicted octanol–water partition coefficient (Wildman–Crippen LogP) is 5.11. The summed E-state index contributed by atoms with van der Waals surface area (Å²) in [6, 6.07) is 25.4. The molecule has 2 aliphatic rings. The standard InChI is InChI=1S/C27H18FN3O/c28-21-13-10-19(11-14-21)24-25(26(32)20-7-2-1-3-8-20)31-22-9-5-4-6-18(22)12-15-23(31)27(24,16-29)17-30/h1-15,23-25H/t23-,24-,25+/m0/s1. The molecule has 154 valence electrons. The highest BCUT2D eigenvalue weighted by Gasteiger charge is 2.63. The molecule has 0 aromatic heterocycles. The van der Waals surface area contributed by atoms with Gasteiger partial charge in [-0.2, -0.15) is 10.5 Å². The van der Waals surface area contributed by atoms with Gasteiger partial charge in [-0.15, -0.1) is 0 Å². The second-order valence-corrected chi connectivity index (χ2v) is 8.07. The van der Waals surface area contributed by atoms with E-state index >= 15 is 0 Å². The lowest BCUT2D eigenvalue weighted by Crippen LogP contribution is -2.44. The van der Waals surface area contributed by atoms with E-state index in [1.165, 1.54) is 12.1 Å². The summed E-state index contributed by atoms with van der Waals surface area (Å²) in [4.78, 5) is 15.8. The van der Waals surface area contributed by atoms with Crippen LogP contribution in [0.1, 0.15) is 27.4 Å². The van der Waals surface area contributed by atoms with Gasteiger partial charge >= 0.3 is 0 Å². The first-order valence-electron chi connectivity index (χ1n) is 10.3. The monoisotopic (exact) mass is 419 g/mol. The van der Waals surface area contributed by atoms with Crippen LogP contribution in [0.25, 0.3) is 6.08 Å². The Balaban J connectivity index is 1.79. The number of Topliss-reactive ketones (excluding diaryl/α,β-unsaturated/α-hetero) is 1. The first-order valence-corrected chi connectivity index (χ1v) is 10.3. The van der Waals surface area contributed by atoms with Crippen LogP contribution >= 0.6 is 0 Å². The average Bonchev–Trinajstić information content (AvgIpc) is 3.15. The summed E-state index contributed by atoms with van der Waals surface area (Å²) < 4.78 is 13.7. The van der Waals surface area contributed by atoms with Crippen LogP contribution in [0.3, 0.4) is 0 Å². The Morgan fingerprint density at radius 3 is 2.25 bits per heavy atom. The summed E-state index contributed by atoms with van der Waals surface area (Å²) in [7, 11) is 0. The van der Waals surface area contributed by atoms with Crippen molar-refractivity contribution in [2.45, 2.75) is 18.0 Å². The van der Waals surface area contributed by atoms with Gasteiger partial charge < -0.3 is 4.90 Å². The lowest BCUT2D eigenvalue weighted by atomic mass is 9.69. The third-order valence-corrected chi connectivity index (χ3v) is 6.47. The normalized spacial score (nSPS) is 22.3. The number of nitrogens with zero attached hydrogens (tertiary/aromatic N) is 3. The predicted molar refractivity (Wildman–Crippen MR) is 119 cm³/mol. The lowest BCUT2D eigenvalue weighted by Gasteiger charge is -2.35. The van der Waals surface area contributed by atoms with E-state index in [9.17, 15) is 19.7 Å². The molecule has 0 radical (unpaired) electrons. The third kappa shape index (κ3) is 2.76. The molecule has 4 nitrogen and oxygen atoms in total. The van der Waals surface area contributed by atoms with Crippen molar-refractivity contribution in [1.29, 1.82) is 10.5 Å². The maximum Gasteiger partial charge on any atom is 0.185 e. The molecule has 1 fully saturated rings. The zero-order chi connectivity index (χ0) is 22.3. The molecule has 0 spiro atoms. The van der Waals surface area contributed by atoms with Crippen molar-refractivity contribution in [2.75, 3.05) is 4.90 Å². The van der Waals surface area contributed by atoms with Gasteiger partial charge in [0.1, 0.15) is 11.9 Å². The van der Waals surface area contributed by atoms with Crippen LogP contribution in [0, 0.1) is 33.9 Å². The van der Waals surface area contributed by atoms with Crippen LogP contribution in [-0.4, -0.2) is 17.9 Å². The van der Waals surface area contributed by atoms with Crippen molar-refractivity contribution in [3.8, 4) is 12.1 Å². The van der Waals surface area contributed by atoms with Gasteiger partial charge in [-0.1, -0.05) is 72.8 Å². The molecule has 2 aliphatic heterocycles. The molecule has 5 rings (SSSR count). The highest BCUT2D eigenvalue weighted by molar-refractivity contribution is 6.04. The number of hydrogen-bond donors (Lipinski definition) is 0. The van der Waals surface area contributed by atoms with Crippen LogP contribution in [0.4, 0.5) is 10.1 Å². The maximum absolute atomic E-state index is 13.9. The Morgan fingerprint density at radius 1 is 0.906 bits per heavy atom. The van der Waals surface area contributed by atoms with E-state index in [1.807, 2.05) is 47.4 Å². The van der Waals surface area contributed by atoms with Crippen molar-refractivity contribution < 1.29 is 9.18 Å². The molecule has 0 N–H and O–H groups in total. The van der Waals surface area contributed by atoms with Crippen molar-refractivity contribution in [1.82, 2.24) is 0 Å². The van der Waals surface area contributed by atoms with Gasteiger partial charge in [0.05, 0.1) is 18.2 Å². The number of anilines is 1. The molecule has 3 aromatic rings. The summed E-state index contributed by atoms with van der Waals surface area (Å²) >= 11 is 0. The molecule has 5 heteroatoms. The molecule has 3 atom stereocenters. The number of hydrogen-bond acceptors (Lipinski definition) is 4. The van der Waals surface area contributed by atoms with Gasteiger partial charge in [-0.05, 0) is 29.3 Å². The lowest BCUT2D eigenvalue weighted by molar-refractivity contribution is 0.0951. The summed E-state index contributed by atoms with van der Waals surface area (Å²) in [6.07, 6.45) is 3.74. The van der Waals surface area contributed by atoms with Crippen LogP contribution in [0.2, 0.25) is 0 Å². The van der Waals surface area contributed by atoms with Gasteiger partial charge in [0.25, 0.3) is 0 Å². The molecule has 0 amide bonds. The van der Waals surface area contributed by atoms with Crippen molar-refractivity contribution in [2.24, 2.45) is 5.41 Å².